The van der Waals surface area contributed by atoms with Gasteiger partial charge in [-0.25, -0.2) is 4.79 Å². The lowest BCUT2D eigenvalue weighted by molar-refractivity contribution is 0.256. The highest BCUT2D eigenvalue weighted by Crippen LogP contribution is 2.34. The summed E-state index contributed by atoms with van der Waals surface area (Å²) in [5, 5.41) is 0.714. The molecule has 2 rings (SSSR count). The second kappa shape index (κ2) is 14.6. The van der Waals surface area contributed by atoms with Gasteiger partial charge in [-0.3, -0.25) is 0 Å². The van der Waals surface area contributed by atoms with Crippen molar-refractivity contribution in [1.82, 2.24) is 0 Å². The molecule has 5 heteroatoms. The number of hydrogen-bond acceptors (Lipinski definition) is 5. The molecule has 2 aromatic rings. The third-order valence-corrected chi connectivity index (χ3v) is 5.21. The topological polar surface area (TPSA) is 57.9 Å². The lowest BCUT2D eigenvalue weighted by Crippen LogP contribution is -2.11. The summed E-state index contributed by atoms with van der Waals surface area (Å²) in [5.74, 6) is 1.25. The van der Waals surface area contributed by atoms with Crippen LogP contribution in [0.15, 0.2) is 39.6 Å². The third-order valence-electron chi connectivity index (χ3n) is 5.21. The van der Waals surface area contributed by atoms with E-state index in [9.17, 15) is 4.79 Å². The van der Waals surface area contributed by atoms with E-state index in [0.717, 1.165) is 25.7 Å². The summed E-state index contributed by atoms with van der Waals surface area (Å²) < 4.78 is 22.6. The highest BCUT2D eigenvalue weighted by molar-refractivity contribution is 5.86. The average Bonchev–Trinajstić information content (AvgIpc) is 2.78. The summed E-state index contributed by atoms with van der Waals surface area (Å²) in [6.07, 6.45) is 15.6. The van der Waals surface area contributed by atoms with Crippen molar-refractivity contribution in [2.45, 2.75) is 78.1 Å². The first-order chi connectivity index (χ1) is 15.2. The van der Waals surface area contributed by atoms with Crippen LogP contribution in [0.5, 0.6) is 17.2 Å². The van der Waals surface area contributed by atoms with Gasteiger partial charge in [0.15, 0.2) is 5.75 Å². The molecular weight excluding hydrogens is 392 g/mol. The fourth-order valence-corrected chi connectivity index (χ4v) is 3.45. The molecule has 0 aliphatic rings. The molecule has 0 bridgehead atoms. The number of allylic oxidation sites excluding steroid dienone is 1. The molecule has 0 fully saturated rings. The average molecular weight is 431 g/mol. The zero-order valence-corrected chi connectivity index (χ0v) is 19.4. The standard InChI is InChI=1S/C26H38O5/c1-4-6-8-10-11-12-13-15-19-30-25-24(29-18-14-9-7-5-2)22-17-16-21(28-3)20-23(22)31-26(25)27/h7,9,16-17,20H,4-6,8,10-15,18-19H2,1-3H3/b9-7+. The third kappa shape index (κ3) is 8.31. The monoisotopic (exact) mass is 430 g/mol. The molecule has 0 spiro atoms. The van der Waals surface area contributed by atoms with E-state index < -0.39 is 5.63 Å². The summed E-state index contributed by atoms with van der Waals surface area (Å²) in [6.45, 7) is 5.28. The molecule has 0 aliphatic carbocycles. The Balaban J connectivity index is 2.03. The molecule has 0 N–H and O–H groups in total. The van der Waals surface area contributed by atoms with Crippen molar-refractivity contribution in [3.05, 3.63) is 40.8 Å². The number of rotatable bonds is 16. The Hall–Kier alpha value is -2.43. The minimum absolute atomic E-state index is 0.167. The van der Waals surface area contributed by atoms with Gasteiger partial charge in [0.2, 0.25) is 5.75 Å². The summed E-state index contributed by atoms with van der Waals surface area (Å²) in [6, 6.07) is 5.37. The van der Waals surface area contributed by atoms with Crippen LogP contribution in [0.2, 0.25) is 0 Å². The van der Waals surface area contributed by atoms with Crippen molar-refractivity contribution in [2.24, 2.45) is 0 Å². The van der Waals surface area contributed by atoms with E-state index in [-0.39, 0.29) is 5.75 Å². The van der Waals surface area contributed by atoms with E-state index in [1.807, 2.05) is 12.1 Å². The minimum atomic E-state index is -0.514. The molecule has 1 aromatic heterocycles. The van der Waals surface area contributed by atoms with Crippen molar-refractivity contribution in [2.75, 3.05) is 20.3 Å². The van der Waals surface area contributed by atoms with E-state index in [1.165, 1.54) is 38.5 Å². The Morgan fingerprint density at radius 1 is 0.871 bits per heavy atom. The summed E-state index contributed by atoms with van der Waals surface area (Å²) in [7, 11) is 1.58. The van der Waals surface area contributed by atoms with Gasteiger partial charge < -0.3 is 18.6 Å². The highest BCUT2D eigenvalue weighted by Gasteiger charge is 2.18. The van der Waals surface area contributed by atoms with E-state index in [0.29, 0.717) is 35.7 Å². The number of benzene rings is 1. The Kier molecular flexibility index (Phi) is 11.7. The van der Waals surface area contributed by atoms with Crippen molar-refractivity contribution in [3.8, 4) is 17.2 Å². The normalized spacial score (nSPS) is 11.3. The van der Waals surface area contributed by atoms with E-state index in [1.54, 1.807) is 13.2 Å². The Morgan fingerprint density at radius 2 is 1.58 bits per heavy atom. The number of ether oxygens (including phenoxy) is 3. The Bertz CT molecular complexity index is 853. The van der Waals surface area contributed by atoms with Crippen LogP contribution in [0.25, 0.3) is 11.0 Å². The van der Waals surface area contributed by atoms with Crippen LogP contribution < -0.4 is 19.8 Å². The molecule has 0 unspecified atom stereocenters. The van der Waals surface area contributed by atoms with Crippen LogP contribution in [-0.4, -0.2) is 20.3 Å². The first-order valence-electron chi connectivity index (χ1n) is 11.8. The van der Waals surface area contributed by atoms with Gasteiger partial charge in [-0.05, 0) is 31.4 Å². The summed E-state index contributed by atoms with van der Waals surface area (Å²) >= 11 is 0. The molecule has 1 aromatic carbocycles. The number of unbranched alkanes of at least 4 members (excludes halogenated alkanes) is 7. The second-order valence-corrected chi connectivity index (χ2v) is 7.75. The smallest absolute Gasteiger partial charge is 0.383 e. The maximum Gasteiger partial charge on any atom is 0.383 e. The summed E-state index contributed by atoms with van der Waals surface area (Å²) in [4.78, 5) is 12.6. The van der Waals surface area contributed by atoms with Gasteiger partial charge in [0.05, 0.1) is 25.7 Å². The molecule has 0 aliphatic heterocycles. The first-order valence-corrected chi connectivity index (χ1v) is 11.8. The fourth-order valence-electron chi connectivity index (χ4n) is 3.45. The van der Waals surface area contributed by atoms with E-state index in [2.05, 4.69) is 26.0 Å². The van der Waals surface area contributed by atoms with Crippen LogP contribution in [0.3, 0.4) is 0 Å². The van der Waals surface area contributed by atoms with Crippen molar-refractivity contribution >= 4 is 11.0 Å². The van der Waals surface area contributed by atoms with Crippen LogP contribution in [-0.2, 0) is 0 Å². The molecule has 0 saturated heterocycles. The first kappa shape index (κ1) is 24.8. The van der Waals surface area contributed by atoms with Crippen LogP contribution in [0, 0.1) is 0 Å². The lowest BCUT2D eigenvalue weighted by Gasteiger charge is -2.14. The predicted molar refractivity (Wildman–Crippen MR) is 127 cm³/mol. The highest BCUT2D eigenvalue weighted by atomic mass is 16.5. The fraction of sp³-hybridized carbons (Fsp3) is 0.577. The number of fused-ring (bicyclic) bond motifs is 1. The van der Waals surface area contributed by atoms with Crippen molar-refractivity contribution in [3.63, 3.8) is 0 Å². The van der Waals surface area contributed by atoms with E-state index in [4.69, 9.17) is 18.6 Å². The zero-order chi connectivity index (χ0) is 22.3. The maximum atomic E-state index is 12.6. The van der Waals surface area contributed by atoms with Gasteiger partial charge in [-0.1, -0.05) is 70.9 Å². The quantitative estimate of drug-likeness (QED) is 0.162. The molecule has 172 valence electrons. The molecule has 0 atom stereocenters. The maximum absolute atomic E-state index is 12.6. The van der Waals surface area contributed by atoms with Crippen molar-refractivity contribution < 1.29 is 18.6 Å². The van der Waals surface area contributed by atoms with Gasteiger partial charge in [0, 0.05) is 6.07 Å². The minimum Gasteiger partial charge on any atom is -0.497 e. The molecule has 31 heavy (non-hydrogen) atoms. The van der Waals surface area contributed by atoms with Gasteiger partial charge in [-0.2, -0.15) is 0 Å². The Labute approximate surface area is 186 Å². The number of methoxy groups -OCH3 is 1. The SMILES string of the molecule is CC/C=C/CCOc1c(OCCCCCCCCCC)c(=O)oc2cc(OC)ccc12. The Morgan fingerprint density at radius 3 is 2.29 bits per heavy atom. The molecule has 5 nitrogen and oxygen atoms in total. The lowest BCUT2D eigenvalue weighted by atomic mass is 10.1. The van der Waals surface area contributed by atoms with Crippen molar-refractivity contribution in [1.29, 1.82) is 0 Å². The zero-order valence-electron chi connectivity index (χ0n) is 19.4. The largest absolute Gasteiger partial charge is 0.497 e. The molecular formula is C26H38O5. The van der Waals surface area contributed by atoms with Gasteiger partial charge in [-0.15, -0.1) is 0 Å². The molecule has 1 heterocycles. The van der Waals surface area contributed by atoms with Crippen LogP contribution in [0.1, 0.15) is 78.1 Å². The molecule has 0 amide bonds. The number of hydrogen-bond donors (Lipinski definition) is 0. The molecule has 0 radical (unpaired) electrons. The van der Waals surface area contributed by atoms with Gasteiger partial charge in [0.25, 0.3) is 0 Å². The second-order valence-electron chi connectivity index (χ2n) is 7.75. The predicted octanol–water partition coefficient (Wildman–Crippen LogP) is 7.06. The van der Waals surface area contributed by atoms with Gasteiger partial charge >= 0.3 is 5.63 Å². The molecule has 0 saturated carbocycles. The van der Waals surface area contributed by atoms with Crippen LogP contribution >= 0.6 is 0 Å². The summed E-state index contributed by atoms with van der Waals surface area (Å²) in [5.41, 5.74) is -0.0812. The van der Waals surface area contributed by atoms with Crippen LogP contribution in [0.4, 0.5) is 0 Å². The van der Waals surface area contributed by atoms with E-state index >= 15 is 0 Å². The van der Waals surface area contributed by atoms with Gasteiger partial charge in [0.1, 0.15) is 11.3 Å².